The van der Waals surface area contributed by atoms with Crippen molar-refractivity contribution in [3.05, 3.63) is 0 Å². The Kier molecular flexibility index (Phi) is 12.7. The molecule has 2 N–H and O–H groups in total. The van der Waals surface area contributed by atoms with Crippen molar-refractivity contribution in [1.82, 2.24) is 10.6 Å². The van der Waals surface area contributed by atoms with Crippen molar-refractivity contribution in [2.45, 2.75) is 46.1 Å². The van der Waals surface area contributed by atoms with Crippen LogP contribution in [-0.2, 0) is 9.47 Å². The van der Waals surface area contributed by atoms with Gasteiger partial charge in [-0.25, -0.2) is 0 Å². The molecule has 1 atom stereocenters. The lowest BCUT2D eigenvalue weighted by molar-refractivity contribution is 0.0698. The summed E-state index contributed by atoms with van der Waals surface area (Å²) in [4.78, 5) is 4.24. The smallest absolute Gasteiger partial charge is 0.191 e. The molecule has 5 nitrogen and oxygen atoms in total. The predicted octanol–water partition coefficient (Wildman–Crippen LogP) is 2.03. The highest BCUT2D eigenvalue weighted by atomic mass is 16.5. The van der Waals surface area contributed by atoms with Gasteiger partial charge in [0.25, 0.3) is 0 Å². The second-order valence-electron chi connectivity index (χ2n) is 5.47. The van der Waals surface area contributed by atoms with Crippen molar-refractivity contribution >= 4 is 5.96 Å². The average Bonchev–Trinajstić information content (AvgIpc) is 2.42. The Hall–Kier alpha value is -0.810. The van der Waals surface area contributed by atoms with E-state index in [1.165, 1.54) is 12.8 Å². The molecule has 0 aromatic rings. The van der Waals surface area contributed by atoms with Gasteiger partial charge >= 0.3 is 0 Å². The average molecular weight is 287 g/mol. The van der Waals surface area contributed by atoms with E-state index in [0.29, 0.717) is 19.3 Å². The number of guanidine groups is 1. The summed E-state index contributed by atoms with van der Waals surface area (Å²) in [7, 11) is 3.49. The van der Waals surface area contributed by atoms with Gasteiger partial charge in [-0.1, -0.05) is 13.8 Å². The lowest BCUT2D eigenvalue weighted by atomic mass is 10.0. The Morgan fingerprint density at radius 2 is 1.85 bits per heavy atom. The van der Waals surface area contributed by atoms with Gasteiger partial charge in [-0.2, -0.15) is 0 Å². The molecule has 0 bridgehead atoms. The van der Waals surface area contributed by atoms with Crippen LogP contribution in [0.4, 0.5) is 0 Å². The van der Waals surface area contributed by atoms with Crippen molar-refractivity contribution < 1.29 is 9.47 Å². The molecule has 0 amide bonds. The molecule has 0 spiro atoms. The molecule has 0 heterocycles. The van der Waals surface area contributed by atoms with Crippen LogP contribution in [-0.4, -0.2) is 52.5 Å². The van der Waals surface area contributed by atoms with Crippen molar-refractivity contribution in [2.24, 2.45) is 10.9 Å². The largest absolute Gasteiger partial charge is 0.382 e. The van der Waals surface area contributed by atoms with Crippen LogP contribution in [0.5, 0.6) is 0 Å². The van der Waals surface area contributed by atoms with E-state index >= 15 is 0 Å². The Labute approximate surface area is 124 Å². The molecule has 0 aliphatic heterocycles. The molecular weight excluding hydrogens is 254 g/mol. The minimum Gasteiger partial charge on any atom is -0.382 e. The molecule has 0 saturated heterocycles. The van der Waals surface area contributed by atoms with Crippen LogP contribution in [0.3, 0.4) is 0 Å². The second kappa shape index (κ2) is 13.2. The topological polar surface area (TPSA) is 54.9 Å². The lowest BCUT2D eigenvalue weighted by Gasteiger charge is -2.18. The van der Waals surface area contributed by atoms with Crippen LogP contribution in [0.25, 0.3) is 0 Å². The molecule has 0 radical (unpaired) electrons. The summed E-state index contributed by atoms with van der Waals surface area (Å²) in [6, 6.07) is 0.446. The highest BCUT2D eigenvalue weighted by Gasteiger charge is 2.05. The number of ether oxygens (including phenoxy) is 2. The molecule has 5 heteroatoms. The van der Waals surface area contributed by atoms with Gasteiger partial charge < -0.3 is 20.1 Å². The molecule has 0 aromatic heterocycles. The molecule has 1 unspecified atom stereocenters. The van der Waals surface area contributed by atoms with E-state index in [1.54, 1.807) is 14.2 Å². The number of methoxy groups -OCH3 is 1. The maximum Gasteiger partial charge on any atom is 0.191 e. The van der Waals surface area contributed by atoms with E-state index in [9.17, 15) is 0 Å². The molecule has 20 heavy (non-hydrogen) atoms. The molecule has 0 fully saturated rings. The lowest BCUT2D eigenvalue weighted by Crippen LogP contribution is -2.42. The van der Waals surface area contributed by atoms with Gasteiger partial charge in [0, 0.05) is 33.4 Å². The number of rotatable bonds is 11. The Bertz CT molecular complexity index is 245. The first kappa shape index (κ1) is 19.2. The molecule has 0 rings (SSSR count). The monoisotopic (exact) mass is 287 g/mol. The molecule has 120 valence electrons. The summed E-state index contributed by atoms with van der Waals surface area (Å²) >= 11 is 0. The van der Waals surface area contributed by atoms with Gasteiger partial charge in [-0.05, 0) is 32.1 Å². The molecule has 0 aromatic carbocycles. The van der Waals surface area contributed by atoms with Gasteiger partial charge in [0.1, 0.15) is 0 Å². The fraction of sp³-hybridized carbons (Fsp3) is 0.933. The van der Waals surface area contributed by atoms with E-state index < -0.39 is 0 Å². The summed E-state index contributed by atoms with van der Waals surface area (Å²) in [5.41, 5.74) is 0. The van der Waals surface area contributed by atoms with E-state index in [1.807, 2.05) is 0 Å². The van der Waals surface area contributed by atoms with Gasteiger partial charge in [-0.15, -0.1) is 0 Å². The summed E-state index contributed by atoms with van der Waals surface area (Å²) in [5.74, 6) is 1.62. The van der Waals surface area contributed by atoms with Crippen LogP contribution in [0.2, 0.25) is 0 Å². The SMILES string of the molecule is CN=C(NCCCOCCOC)NC(C)CCC(C)C. The zero-order valence-corrected chi connectivity index (χ0v) is 13.9. The summed E-state index contributed by atoms with van der Waals surface area (Å²) in [6.45, 7) is 9.63. The van der Waals surface area contributed by atoms with Gasteiger partial charge in [0.05, 0.1) is 13.2 Å². The number of nitrogens with one attached hydrogen (secondary N) is 2. The standard InChI is InChI=1S/C15H33N3O2/c1-13(2)7-8-14(3)18-15(16-4)17-9-6-10-20-12-11-19-5/h13-14H,6-12H2,1-5H3,(H2,16,17,18). The molecule has 0 aliphatic rings. The highest BCUT2D eigenvalue weighted by molar-refractivity contribution is 5.79. The summed E-state index contributed by atoms with van der Waals surface area (Å²) in [6.07, 6.45) is 3.36. The summed E-state index contributed by atoms with van der Waals surface area (Å²) in [5, 5.41) is 6.72. The zero-order valence-electron chi connectivity index (χ0n) is 13.9. The maximum atomic E-state index is 5.41. The van der Waals surface area contributed by atoms with Crippen molar-refractivity contribution in [2.75, 3.05) is 40.5 Å². The Balaban J connectivity index is 3.61. The molecule has 0 saturated carbocycles. The van der Waals surface area contributed by atoms with Gasteiger partial charge in [0.2, 0.25) is 0 Å². The van der Waals surface area contributed by atoms with Gasteiger partial charge in [-0.3, -0.25) is 4.99 Å². The predicted molar refractivity (Wildman–Crippen MR) is 85.3 cm³/mol. The fourth-order valence-corrected chi connectivity index (χ4v) is 1.71. The molecular formula is C15H33N3O2. The van der Waals surface area contributed by atoms with E-state index in [4.69, 9.17) is 9.47 Å². The van der Waals surface area contributed by atoms with Gasteiger partial charge in [0.15, 0.2) is 5.96 Å². The van der Waals surface area contributed by atoms with Crippen LogP contribution >= 0.6 is 0 Å². The van der Waals surface area contributed by atoms with Crippen LogP contribution < -0.4 is 10.6 Å². The number of hydrogen-bond acceptors (Lipinski definition) is 3. The van der Waals surface area contributed by atoms with Crippen molar-refractivity contribution in [3.8, 4) is 0 Å². The van der Waals surface area contributed by atoms with E-state index in [0.717, 1.165) is 31.4 Å². The fourth-order valence-electron chi connectivity index (χ4n) is 1.71. The number of nitrogens with zero attached hydrogens (tertiary/aromatic N) is 1. The first-order valence-corrected chi connectivity index (χ1v) is 7.64. The minimum absolute atomic E-state index is 0.446. The van der Waals surface area contributed by atoms with Crippen LogP contribution in [0, 0.1) is 5.92 Å². The third-order valence-electron chi connectivity index (χ3n) is 2.97. The molecule has 0 aliphatic carbocycles. The number of aliphatic imine (C=N–C) groups is 1. The third kappa shape index (κ3) is 12.2. The Morgan fingerprint density at radius 1 is 1.10 bits per heavy atom. The quantitative estimate of drug-likeness (QED) is 0.347. The third-order valence-corrected chi connectivity index (χ3v) is 2.97. The van der Waals surface area contributed by atoms with Crippen LogP contribution in [0.1, 0.15) is 40.0 Å². The minimum atomic E-state index is 0.446. The highest BCUT2D eigenvalue weighted by Crippen LogP contribution is 2.06. The summed E-state index contributed by atoms with van der Waals surface area (Å²) < 4.78 is 10.3. The van der Waals surface area contributed by atoms with Crippen molar-refractivity contribution in [3.63, 3.8) is 0 Å². The van der Waals surface area contributed by atoms with Crippen molar-refractivity contribution in [1.29, 1.82) is 0 Å². The normalized spacial score (nSPS) is 13.6. The van der Waals surface area contributed by atoms with E-state index in [-0.39, 0.29) is 0 Å². The maximum absolute atomic E-state index is 5.41. The zero-order chi connectivity index (χ0) is 15.2. The first-order chi connectivity index (χ1) is 9.60. The first-order valence-electron chi connectivity index (χ1n) is 7.64. The number of hydrogen-bond donors (Lipinski definition) is 2. The Morgan fingerprint density at radius 3 is 2.45 bits per heavy atom. The van der Waals surface area contributed by atoms with Crippen LogP contribution in [0.15, 0.2) is 4.99 Å². The second-order valence-corrected chi connectivity index (χ2v) is 5.47. The van der Waals surface area contributed by atoms with E-state index in [2.05, 4.69) is 36.4 Å².